The summed E-state index contributed by atoms with van der Waals surface area (Å²) in [5.41, 5.74) is 0.465. The largest absolute Gasteiger partial charge is 0.316 e. The number of hydrogen-bond acceptors (Lipinski definition) is 1. The number of aryl methyl sites for hydroxylation is 1. The topological polar surface area (TPSA) is 12.0 Å². The van der Waals surface area contributed by atoms with Gasteiger partial charge in [-0.25, -0.2) is 8.78 Å². The average Bonchev–Trinajstić information content (AvgIpc) is 2.37. The molecule has 1 aromatic carbocycles. The van der Waals surface area contributed by atoms with Crippen molar-refractivity contribution in [3.63, 3.8) is 0 Å². The van der Waals surface area contributed by atoms with E-state index < -0.39 is 5.82 Å². The molecule has 114 valence electrons. The second kappa shape index (κ2) is 8.73. The molecule has 0 fully saturated rings. The van der Waals surface area contributed by atoms with Crippen LogP contribution in [0.1, 0.15) is 39.2 Å². The van der Waals surface area contributed by atoms with Crippen LogP contribution in [0.15, 0.2) is 16.6 Å². The molecule has 1 aromatic rings. The highest BCUT2D eigenvalue weighted by molar-refractivity contribution is 9.10. The van der Waals surface area contributed by atoms with E-state index in [1.54, 1.807) is 0 Å². The van der Waals surface area contributed by atoms with E-state index in [0.717, 1.165) is 25.9 Å². The lowest BCUT2D eigenvalue weighted by Gasteiger charge is -2.13. The van der Waals surface area contributed by atoms with E-state index in [0.29, 0.717) is 23.8 Å². The predicted molar refractivity (Wildman–Crippen MR) is 83.9 cm³/mol. The number of halogens is 3. The van der Waals surface area contributed by atoms with Crippen LogP contribution in [-0.2, 0) is 6.42 Å². The summed E-state index contributed by atoms with van der Waals surface area (Å²) in [4.78, 5) is 0. The maximum absolute atomic E-state index is 13.7. The zero-order chi connectivity index (χ0) is 15.1. The molecule has 1 nitrogen and oxygen atoms in total. The van der Waals surface area contributed by atoms with E-state index in [-0.39, 0.29) is 10.3 Å². The van der Waals surface area contributed by atoms with Crippen molar-refractivity contribution in [3.05, 3.63) is 33.8 Å². The first-order valence-corrected chi connectivity index (χ1v) is 8.03. The number of hydrogen-bond donors (Lipinski definition) is 1. The third kappa shape index (κ3) is 6.31. The quantitative estimate of drug-likeness (QED) is 0.519. The van der Waals surface area contributed by atoms with Gasteiger partial charge in [-0.15, -0.1) is 0 Å². The Balaban J connectivity index is 2.34. The fourth-order valence-electron chi connectivity index (χ4n) is 2.04. The lowest BCUT2D eigenvalue weighted by molar-refractivity contribution is 0.450. The summed E-state index contributed by atoms with van der Waals surface area (Å²) in [5, 5.41) is 3.40. The van der Waals surface area contributed by atoms with Crippen molar-refractivity contribution < 1.29 is 8.78 Å². The lowest BCUT2D eigenvalue weighted by Crippen LogP contribution is -2.22. The smallest absolute Gasteiger partial charge is 0.137 e. The Morgan fingerprint density at radius 3 is 2.45 bits per heavy atom. The van der Waals surface area contributed by atoms with Crippen molar-refractivity contribution in [3.8, 4) is 0 Å². The van der Waals surface area contributed by atoms with Crippen LogP contribution in [-0.4, -0.2) is 13.1 Å². The molecule has 0 saturated heterocycles. The molecule has 0 aliphatic heterocycles. The zero-order valence-electron chi connectivity index (χ0n) is 12.5. The molecule has 0 aliphatic rings. The highest BCUT2D eigenvalue weighted by Gasteiger charge is 2.10. The van der Waals surface area contributed by atoms with Crippen LogP contribution in [0.25, 0.3) is 0 Å². The molecule has 1 N–H and O–H groups in total. The van der Waals surface area contributed by atoms with Crippen molar-refractivity contribution in [2.24, 2.45) is 11.8 Å². The molecule has 1 unspecified atom stereocenters. The van der Waals surface area contributed by atoms with Crippen molar-refractivity contribution in [2.45, 2.75) is 40.0 Å². The minimum absolute atomic E-state index is 0.185. The van der Waals surface area contributed by atoms with Crippen LogP contribution in [0.3, 0.4) is 0 Å². The van der Waals surface area contributed by atoms with Crippen LogP contribution >= 0.6 is 15.9 Å². The third-order valence-corrected chi connectivity index (χ3v) is 3.97. The van der Waals surface area contributed by atoms with E-state index in [1.807, 2.05) is 0 Å². The highest BCUT2D eigenvalue weighted by atomic mass is 79.9. The summed E-state index contributed by atoms with van der Waals surface area (Å²) in [6.07, 6.45) is 2.52. The first-order valence-electron chi connectivity index (χ1n) is 7.24. The van der Waals surface area contributed by atoms with Gasteiger partial charge in [0.2, 0.25) is 0 Å². The van der Waals surface area contributed by atoms with Crippen LogP contribution < -0.4 is 5.32 Å². The molecular formula is C16H24BrF2N. The molecular weight excluding hydrogens is 324 g/mol. The van der Waals surface area contributed by atoms with Crippen molar-refractivity contribution >= 4 is 15.9 Å². The van der Waals surface area contributed by atoms with Gasteiger partial charge in [0, 0.05) is 0 Å². The molecule has 20 heavy (non-hydrogen) atoms. The molecule has 0 aromatic heterocycles. The van der Waals surface area contributed by atoms with Crippen LogP contribution in [0.4, 0.5) is 8.78 Å². The summed E-state index contributed by atoms with van der Waals surface area (Å²) in [7, 11) is 0. The summed E-state index contributed by atoms with van der Waals surface area (Å²) in [6, 6.07) is 2.50. The third-order valence-electron chi connectivity index (χ3n) is 3.36. The molecule has 0 saturated carbocycles. The zero-order valence-corrected chi connectivity index (χ0v) is 14.1. The van der Waals surface area contributed by atoms with E-state index in [4.69, 9.17) is 0 Å². The van der Waals surface area contributed by atoms with Crippen molar-refractivity contribution in [1.29, 1.82) is 0 Å². The van der Waals surface area contributed by atoms with Gasteiger partial charge in [0.25, 0.3) is 0 Å². The average molecular weight is 348 g/mol. The van der Waals surface area contributed by atoms with Gasteiger partial charge in [-0.1, -0.05) is 20.8 Å². The Morgan fingerprint density at radius 1 is 1.10 bits per heavy atom. The minimum atomic E-state index is -0.396. The van der Waals surface area contributed by atoms with E-state index in [9.17, 15) is 8.78 Å². The molecule has 1 rings (SSSR count). The summed E-state index contributed by atoms with van der Waals surface area (Å²) < 4.78 is 27.2. The molecule has 0 heterocycles. The van der Waals surface area contributed by atoms with E-state index in [2.05, 4.69) is 42.0 Å². The maximum Gasteiger partial charge on any atom is 0.137 e. The van der Waals surface area contributed by atoms with Crippen molar-refractivity contribution in [1.82, 2.24) is 5.32 Å². The first kappa shape index (κ1) is 17.6. The molecule has 1 atom stereocenters. The van der Waals surface area contributed by atoms with Gasteiger partial charge in [0.05, 0.1) is 4.47 Å². The SMILES string of the molecule is CC(C)CNCCC(C)CCc1cc(F)c(Br)cc1F. The molecule has 0 aliphatic carbocycles. The van der Waals surface area contributed by atoms with Crippen molar-refractivity contribution in [2.75, 3.05) is 13.1 Å². The summed E-state index contributed by atoms with van der Waals surface area (Å²) >= 11 is 2.99. The molecule has 0 radical (unpaired) electrons. The standard InChI is InChI=1S/C16H24BrF2N/c1-11(2)10-20-7-6-12(3)4-5-13-8-16(19)14(17)9-15(13)18/h8-9,11-12,20H,4-7,10H2,1-3H3. The van der Waals surface area contributed by atoms with Gasteiger partial charge in [-0.2, -0.15) is 0 Å². The second-order valence-corrected chi connectivity index (χ2v) is 6.74. The second-order valence-electron chi connectivity index (χ2n) is 5.89. The van der Waals surface area contributed by atoms with Crippen LogP contribution in [0.2, 0.25) is 0 Å². The molecule has 0 spiro atoms. The molecule has 4 heteroatoms. The summed E-state index contributed by atoms with van der Waals surface area (Å²) in [6.45, 7) is 8.53. The van der Waals surface area contributed by atoms with Gasteiger partial charge < -0.3 is 5.32 Å². The van der Waals surface area contributed by atoms with Gasteiger partial charge in [0.15, 0.2) is 0 Å². The number of rotatable bonds is 8. The van der Waals surface area contributed by atoms with E-state index in [1.165, 1.54) is 12.1 Å². The normalized spacial score (nSPS) is 12.9. The van der Waals surface area contributed by atoms with E-state index >= 15 is 0 Å². The number of benzene rings is 1. The van der Waals surface area contributed by atoms with Gasteiger partial charge in [0.1, 0.15) is 11.6 Å². The Morgan fingerprint density at radius 2 is 1.80 bits per heavy atom. The van der Waals surface area contributed by atoms with Crippen LogP contribution in [0.5, 0.6) is 0 Å². The predicted octanol–water partition coefficient (Wildman–Crippen LogP) is 4.93. The Bertz CT molecular complexity index is 421. The first-order chi connectivity index (χ1) is 9.40. The summed E-state index contributed by atoms with van der Waals surface area (Å²) in [5.74, 6) is 0.432. The fraction of sp³-hybridized carbons (Fsp3) is 0.625. The highest BCUT2D eigenvalue weighted by Crippen LogP contribution is 2.22. The Hall–Kier alpha value is -0.480. The van der Waals surface area contributed by atoms with Gasteiger partial charge in [-0.3, -0.25) is 0 Å². The van der Waals surface area contributed by atoms with Gasteiger partial charge >= 0.3 is 0 Å². The monoisotopic (exact) mass is 347 g/mol. The Labute approximate surface area is 129 Å². The lowest BCUT2D eigenvalue weighted by atomic mass is 9.98. The maximum atomic E-state index is 13.7. The number of nitrogens with one attached hydrogen (secondary N) is 1. The Kier molecular flexibility index (Phi) is 7.67. The molecule has 0 bridgehead atoms. The fourth-order valence-corrected chi connectivity index (χ4v) is 2.36. The minimum Gasteiger partial charge on any atom is -0.316 e. The van der Waals surface area contributed by atoms with Crippen LogP contribution in [0, 0.1) is 23.5 Å². The molecule has 0 amide bonds. The van der Waals surface area contributed by atoms with Gasteiger partial charge in [-0.05, 0) is 77.8 Å².